The van der Waals surface area contributed by atoms with Crippen LogP contribution in [0.1, 0.15) is 38.3 Å². The standard InChI is InChI=1S/C13H17ClN2O/c1-3-4-8(2)15-12-10-7-9(14)5-6-11(10)16-13(12)17/h5-8,12,15H,3-4H2,1-2H3,(H,16,17). The molecule has 0 aromatic heterocycles. The Kier molecular flexibility index (Phi) is 3.69. The summed E-state index contributed by atoms with van der Waals surface area (Å²) in [5.74, 6) is 0.00483. The van der Waals surface area contributed by atoms with Gasteiger partial charge in [0.05, 0.1) is 0 Å². The number of rotatable bonds is 4. The molecule has 0 bridgehead atoms. The summed E-state index contributed by atoms with van der Waals surface area (Å²) in [7, 11) is 0. The molecule has 2 rings (SSSR count). The minimum Gasteiger partial charge on any atom is -0.324 e. The van der Waals surface area contributed by atoms with Gasteiger partial charge in [-0.1, -0.05) is 24.9 Å². The fourth-order valence-corrected chi connectivity index (χ4v) is 2.38. The van der Waals surface area contributed by atoms with Gasteiger partial charge in [0.15, 0.2) is 0 Å². The van der Waals surface area contributed by atoms with Crippen molar-refractivity contribution in [1.82, 2.24) is 5.32 Å². The topological polar surface area (TPSA) is 41.1 Å². The molecule has 2 N–H and O–H groups in total. The van der Waals surface area contributed by atoms with Crippen LogP contribution in [0, 0.1) is 0 Å². The normalized spacial score (nSPS) is 19.9. The number of carbonyl (C=O) groups is 1. The highest BCUT2D eigenvalue weighted by atomic mass is 35.5. The van der Waals surface area contributed by atoms with Crippen LogP contribution in [0.2, 0.25) is 5.02 Å². The predicted molar refractivity (Wildman–Crippen MR) is 70.3 cm³/mol. The van der Waals surface area contributed by atoms with E-state index in [1.807, 2.05) is 12.1 Å². The zero-order valence-corrected chi connectivity index (χ0v) is 10.8. The number of hydrogen-bond acceptors (Lipinski definition) is 2. The van der Waals surface area contributed by atoms with Crippen molar-refractivity contribution in [2.45, 2.75) is 38.8 Å². The Balaban J connectivity index is 2.19. The smallest absolute Gasteiger partial charge is 0.246 e. The lowest BCUT2D eigenvalue weighted by Gasteiger charge is -2.17. The zero-order chi connectivity index (χ0) is 12.4. The Morgan fingerprint density at radius 3 is 3.00 bits per heavy atom. The van der Waals surface area contributed by atoms with Gasteiger partial charge in [-0.15, -0.1) is 0 Å². The van der Waals surface area contributed by atoms with Crippen molar-refractivity contribution in [2.24, 2.45) is 0 Å². The van der Waals surface area contributed by atoms with E-state index in [9.17, 15) is 4.79 Å². The molecule has 2 atom stereocenters. The lowest BCUT2D eigenvalue weighted by atomic mass is 10.1. The third kappa shape index (κ3) is 2.61. The first kappa shape index (κ1) is 12.4. The van der Waals surface area contributed by atoms with Crippen LogP contribution in [0.25, 0.3) is 0 Å². The SMILES string of the molecule is CCCC(C)NC1C(=O)Nc2ccc(Cl)cc21. The van der Waals surface area contributed by atoms with Gasteiger partial charge in [-0.3, -0.25) is 10.1 Å². The van der Waals surface area contributed by atoms with Crippen LogP contribution in [0.15, 0.2) is 18.2 Å². The van der Waals surface area contributed by atoms with Crippen LogP contribution in [-0.2, 0) is 4.79 Å². The van der Waals surface area contributed by atoms with Gasteiger partial charge in [-0.05, 0) is 31.5 Å². The van der Waals surface area contributed by atoms with E-state index in [1.54, 1.807) is 6.07 Å². The summed E-state index contributed by atoms with van der Waals surface area (Å²) in [6, 6.07) is 5.54. The molecule has 1 aliphatic heterocycles. The molecule has 92 valence electrons. The molecule has 0 aliphatic carbocycles. The summed E-state index contributed by atoms with van der Waals surface area (Å²) in [5.41, 5.74) is 1.81. The molecule has 0 spiro atoms. The summed E-state index contributed by atoms with van der Waals surface area (Å²) in [4.78, 5) is 11.9. The van der Waals surface area contributed by atoms with Crippen molar-refractivity contribution in [1.29, 1.82) is 0 Å². The van der Waals surface area contributed by atoms with Gasteiger partial charge in [-0.25, -0.2) is 0 Å². The number of hydrogen-bond donors (Lipinski definition) is 2. The summed E-state index contributed by atoms with van der Waals surface area (Å²) in [6.45, 7) is 4.23. The van der Waals surface area contributed by atoms with E-state index in [0.29, 0.717) is 11.1 Å². The Labute approximate surface area is 107 Å². The molecular formula is C13H17ClN2O. The monoisotopic (exact) mass is 252 g/mol. The van der Waals surface area contributed by atoms with E-state index >= 15 is 0 Å². The molecular weight excluding hydrogens is 236 g/mol. The van der Waals surface area contributed by atoms with Crippen molar-refractivity contribution >= 4 is 23.2 Å². The first-order valence-electron chi connectivity index (χ1n) is 5.98. The summed E-state index contributed by atoms with van der Waals surface area (Å²) in [6.07, 6.45) is 2.16. The number of carbonyl (C=O) groups excluding carboxylic acids is 1. The average molecular weight is 253 g/mol. The van der Waals surface area contributed by atoms with E-state index in [-0.39, 0.29) is 11.9 Å². The van der Waals surface area contributed by atoms with Gasteiger partial charge < -0.3 is 5.32 Å². The third-order valence-corrected chi connectivity index (χ3v) is 3.25. The molecule has 1 heterocycles. The molecule has 1 amide bonds. The van der Waals surface area contributed by atoms with E-state index in [4.69, 9.17) is 11.6 Å². The Morgan fingerprint density at radius 2 is 2.29 bits per heavy atom. The number of amides is 1. The van der Waals surface area contributed by atoms with Gasteiger partial charge in [-0.2, -0.15) is 0 Å². The number of benzene rings is 1. The van der Waals surface area contributed by atoms with Gasteiger partial charge in [0.2, 0.25) is 5.91 Å². The molecule has 17 heavy (non-hydrogen) atoms. The summed E-state index contributed by atoms with van der Waals surface area (Å²) < 4.78 is 0. The van der Waals surface area contributed by atoms with Crippen molar-refractivity contribution in [2.75, 3.05) is 5.32 Å². The molecule has 1 aliphatic rings. The second-order valence-electron chi connectivity index (χ2n) is 4.51. The van der Waals surface area contributed by atoms with Crippen LogP contribution in [-0.4, -0.2) is 11.9 Å². The van der Waals surface area contributed by atoms with Crippen LogP contribution < -0.4 is 10.6 Å². The lowest BCUT2D eigenvalue weighted by Crippen LogP contribution is -2.34. The largest absolute Gasteiger partial charge is 0.324 e. The van der Waals surface area contributed by atoms with Gasteiger partial charge in [0, 0.05) is 22.3 Å². The maximum absolute atomic E-state index is 11.9. The molecule has 1 aromatic carbocycles. The second-order valence-corrected chi connectivity index (χ2v) is 4.95. The molecule has 0 fully saturated rings. The predicted octanol–water partition coefficient (Wildman–Crippen LogP) is 3.11. The number of anilines is 1. The van der Waals surface area contributed by atoms with E-state index < -0.39 is 0 Å². The number of nitrogens with one attached hydrogen (secondary N) is 2. The Morgan fingerprint density at radius 1 is 1.53 bits per heavy atom. The van der Waals surface area contributed by atoms with E-state index in [2.05, 4.69) is 24.5 Å². The molecule has 0 radical (unpaired) electrons. The van der Waals surface area contributed by atoms with Crippen LogP contribution >= 0.6 is 11.6 Å². The minimum absolute atomic E-state index is 0.00483. The lowest BCUT2D eigenvalue weighted by molar-refractivity contribution is -0.117. The van der Waals surface area contributed by atoms with Crippen LogP contribution in [0.5, 0.6) is 0 Å². The van der Waals surface area contributed by atoms with Gasteiger partial charge in [0.25, 0.3) is 0 Å². The quantitative estimate of drug-likeness (QED) is 0.865. The highest BCUT2D eigenvalue weighted by Crippen LogP contribution is 2.33. The van der Waals surface area contributed by atoms with Crippen LogP contribution in [0.3, 0.4) is 0 Å². The van der Waals surface area contributed by atoms with E-state index in [1.165, 1.54) is 0 Å². The first-order chi connectivity index (χ1) is 8.11. The number of fused-ring (bicyclic) bond motifs is 1. The molecule has 2 unspecified atom stereocenters. The highest BCUT2D eigenvalue weighted by Gasteiger charge is 2.31. The maximum atomic E-state index is 11.9. The van der Waals surface area contributed by atoms with Gasteiger partial charge >= 0.3 is 0 Å². The molecule has 1 aromatic rings. The fraction of sp³-hybridized carbons (Fsp3) is 0.462. The van der Waals surface area contributed by atoms with Crippen molar-refractivity contribution < 1.29 is 4.79 Å². The molecule has 0 saturated heterocycles. The minimum atomic E-state index is -0.273. The van der Waals surface area contributed by atoms with Crippen molar-refractivity contribution in [3.63, 3.8) is 0 Å². The van der Waals surface area contributed by atoms with Gasteiger partial charge in [0.1, 0.15) is 6.04 Å². The maximum Gasteiger partial charge on any atom is 0.246 e. The second kappa shape index (κ2) is 5.07. The van der Waals surface area contributed by atoms with Crippen molar-refractivity contribution in [3.05, 3.63) is 28.8 Å². The first-order valence-corrected chi connectivity index (χ1v) is 6.36. The van der Waals surface area contributed by atoms with Crippen molar-refractivity contribution in [3.8, 4) is 0 Å². The van der Waals surface area contributed by atoms with Crippen LogP contribution in [0.4, 0.5) is 5.69 Å². The summed E-state index contributed by atoms with van der Waals surface area (Å²) in [5, 5.41) is 6.87. The fourth-order valence-electron chi connectivity index (χ4n) is 2.20. The van der Waals surface area contributed by atoms with E-state index in [0.717, 1.165) is 24.1 Å². The molecule has 4 heteroatoms. The third-order valence-electron chi connectivity index (χ3n) is 3.02. The molecule has 0 saturated carbocycles. The highest BCUT2D eigenvalue weighted by molar-refractivity contribution is 6.31. The average Bonchev–Trinajstić information content (AvgIpc) is 2.56. The molecule has 3 nitrogen and oxygen atoms in total. The zero-order valence-electron chi connectivity index (χ0n) is 10.1. The summed E-state index contributed by atoms with van der Waals surface area (Å²) >= 11 is 5.97. The Hall–Kier alpha value is -1.06. The Bertz CT molecular complexity index is 433. The number of halogens is 1.